The van der Waals surface area contributed by atoms with E-state index in [9.17, 15) is 0 Å². The van der Waals surface area contributed by atoms with E-state index in [1.165, 1.54) is 44.0 Å². The summed E-state index contributed by atoms with van der Waals surface area (Å²) in [5, 5.41) is 0. The molecule has 0 spiro atoms. The summed E-state index contributed by atoms with van der Waals surface area (Å²) in [5.41, 5.74) is 5.90. The van der Waals surface area contributed by atoms with Gasteiger partial charge in [-0.15, -0.1) is 0 Å². The second-order valence-electron chi connectivity index (χ2n) is 5.52. The van der Waals surface area contributed by atoms with Crippen molar-refractivity contribution in [1.29, 1.82) is 0 Å². The number of para-hydroxylation sites is 1. The molecule has 0 amide bonds. The number of ether oxygens (including phenoxy) is 1. The van der Waals surface area contributed by atoms with Crippen LogP contribution in [0.4, 0.5) is 0 Å². The molecule has 1 aliphatic carbocycles. The van der Waals surface area contributed by atoms with Crippen molar-refractivity contribution >= 4 is 45.2 Å². The van der Waals surface area contributed by atoms with Gasteiger partial charge in [0.05, 0.1) is 7.14 Å². The van der Waals surface area contributed by atoms with Gasteiger partial charge < -0.3 is 4.74 Å². The van der Waals surface area contributed by atoms with E-state index in [0.29, 0.717) is 0 Å². The second-order valence-corrected chi connectivity index (χ2v) is 7.84. The molecule has 4 rings (SSSR count). The topological polar surface area (TPSA) is 9.23 Å². The lowest BCUT2D eigenvalue weighted by molar-refractivity contribution is 0.450. The minimum atomic E-state index is 1.03. The van der Waals surface area contributed by atoms with Crippen LogP contribution in [-0.4, -0.2) is 0 Å². The van der Waals surface area contributed by atoms with Gasteiger partial charge in [-0.05, 0) is 94.1 Å². The number of aryl methyl sites for hydroxylation is 1. The molecule has 0 fully saturated rings. The van der Waals surface area contributed by atoms with Gasteiger partial charge in [-0.25, -0.2) is 0 Å². The summed E-state index contributed by atoms with van der Waals surface area (Å²) in [4.78, 5) is 0. The molecule has 0 saturated carbocycles. The predicted octanol–water partition coefficient (Wildman–Crippen LogP) is 5.47. The van der Waals surface area contributed by atoms with E-state index in [0.717, 1.165) is 17.9 Å². The summed E-state index contributed by atoms with van der Waals surface area (Å²) < 4.78 is 8.76. The quantitative estimate of drug-likeness (QED) is 0.382. The first-order valence-electron chi connectivity index (χ1n) is 7.02. The minimum absolute atomic E-state index is 1.03. The molecule has 3 heteroatoms. The van der Waals surface area contributed by atoms with Crippen LogP contribution in [0.15, 0.2) is 24.3 Å². The van der Waals surface area contributed by atoms with Gasteiger partial charge in [0.15, 0.2) is 0 Å². The Balaban J connectivity index is 1.91. The summed E-state index contributed by atoms with van der Waals surface area (Å²) in [6.45, 7) is 0. The van der Waals surface area contributed by atoms with E-state index in [2.05, 4.69) is 69.4 Å². The summed E-state index contributed by atoms with van der Waals surface area (Å²) in [7, 11) is 0. The molecule has 1 aliphatic heterocycles. The first-order valence-corrected chi connectivity index (χ1v) is 9.18. The number of hydrogen-bond acceptors (Lipinski definition) is 1. The molecule has 0 radical (unpaired) electrons. The monoisotopic (exact) mass is 488 g/mol. The molecule has 2 aromatic rings. The molecule has 0 bridgehead atoms. The zero-order valence-corrected chi connectivity index (χ0v) is 15.3. The van der Waals surface area contributed by atoms with Gasteiger partial charge in [0.2, 0.25) is 0 Å². The summed E-state index contributed by atoms with van der Waals surface area (Å²) in [5.74, 6) is 2.18. The first kappa shape index (κ1) is 13.4. The van der Waals surface area contributed by atoms with E-state index in [4.69, 9.17) is 4.74 Å². The highest BCUT2D eigenvalue weighted by Crippen LogP contribution is 2.45. The average Bonchev–Trinajstić information content (AvgIpc) is 2.47. The van der Waals surface area contributed by atoms with E-state index in [1.54, 1.807) is 11.1 Å². The molecule has 2 aliphatic rings. The van der Waals surface area contributed by atoms with Gasteiger partial charge >= 0.3 is 0 Å². The fourth-order valence-electron chi connectivity index (χ4n) is 3.33. The predicted molar refractivity (Wildman–Crippen MR) is 97.8 cm³/mol. The highest BCUT2D eigenvalue weighted by molar-refractivity contribution is 14.1. The van der Waals surface area contributed by atoms with Crippen LogP contribution in [0.2, 0.25) is 0 Å². The van der Waals surface area contributed by atoms with Crippen molar-refractivity contribution in [1.82, 2.24) is 0 Å². The molecule has 1 nitrogen and oxygen atoms in total. The maximum Gasteiger partial charge on any atom is 0.144 e. The number of hydrogen-bond donors (Lipinski definition) is 0. The number of halogens is 2. The van der Waals surface area contributed by atoms with Gasteiger partial charge in [0, 0.05) is 17.5 Å². The van der Waals surface area contributed by atoms with Crippen molar-refractivity contribution in [2.24, 2.45) is 0 Å². The smallest absolute Gasteiger partial charge is 0.144 e. The number of benzene rings is 2. The van der Waals surface area contributed by atoms with Crippen molar-refractivity contribution in [3.8, 4) is 11.5 Å². The maximum atomic E-state index is 6.29. The third kappa shape index (κ3) is 2.08. The molecule has 2 aromatic carbocycles. The van der Waals surface area contributed by atoms with Crippen molar-refractivity contribution in [3.63, 3.8) is 0 Å². The fourth-order valence-corrected chi connectivity index (χ4v) is 4.80. The third-order valence-electron chi connectivity index (χ3n) is 4.29. The third-order valence-corrected chi connectivity index (χ3v) is 5.94. The molecule has 0 unspecified atom stereocenters. The lowest BCUT2D eigenvalue weighted by Crippen LogP contribution is -2.13. The van der Waals surface area contributed by atoms with Crippen molar-refractivity contribution in [3.05, 3.63) is 53.7 Å². The standard InChI is InChI=1S/C17H14I2O/c18-14-7-3-5-11-8-13-12-6-2-1-4-10(12)9-15(19)17(13)20-16(11)14/h3,5,7,9H,1-2,4,6,8H2. The van der Waals surface area contributed by atoms with Crippen LogP contribution in [0, 0.1) is 7.14 Å². The zero-order valence-electron chi connectivity index (χ0n) is 11.0. The molecule has 0 saturated heterocycles. The number of fused-ring (bicyclic) bond motifs is 4. The normalized spacial score (nSPS) is 15.9. The van der Waals surface area contributed by atoms with Crippen LogP contribution in [0.3, 0.4) is 0 Å². The Morgan fingerprint density at radius 1 is 0.850 bits per heavy atom. The Labute approximate surface area is 146 Å². The Morgan fingerprint density at radius 3 is 2.60 bits per heavy atom. The summed E-state index contributed by atoms with van der Waals surface area (Å²) >= 11 is 4.80. The second kappa shape index (κ2) is 5.16. The molecular weight excluding hydrogens is 474 g/mol. The Bertz CT molecular complexity index is 707. The zero-order chi connectivity index (χ0) is 13.7. The Kier molecular flexibility index (Phi) is 3.45. The maximum absolute atomic E-state index is 6.29. The van der Waals surface area contributed by atoms with Crippen molar-refractivity contribution < 1.29 is 4.74 Å². The van der Waals surface area contributed by atoms with Crippen LogP contribution in [0.1, 0.15) is 35.1 Å². The van der Waals surface area contributed by atoms with Gasteiger partial charge in [-0.3, -0.25) is 0 Å². The highest BCUT2D eigenvalue weighted by Gasteiger charge is 2.26. The van der Waals surface area contributed by atoms with Crippen molar-refractivity contribution in [2.75, 3.05) is 0 Å². The van der Waals surface area contributed by atoms with E-state index >= 15 is 0 Å². The molecular formula is C17H14I2O. The van der Waals surface area contributed by atoms with Gasteiger partial charge in [0.25, 0.3) is 0 Å². The molecule has 0 aromatic heterocycles. The largest absolute Gasteiger partial charge is 0.455 e. The molecule has 1 heterocycles. The van der Waals surface area contributed by atoms with Crippen LogP contribution in [0.25, 0.3) is 0 Å². The molecule has 0 N–H and O–H groups in total. The molecule has 20 heavy (non-hydrogen) atoms. The summed E-state index contributed by atoms with van der Waals surface area (Å²) in [6.07, 6.45) is 6.13. The Hall–Kier alpha value is -0.300. The average molecular weight is 488 g/mol. The van der Waals surface area contributed by atoms with Crippen molar-refractivity contribution in [2.45, 2.75) is 32.1 Å². The molecule has 102 valence electrons. The van der Waals surface area contributed by atoms with Gasteiger partial charge in [-0.2, -0.15) is 0 Å². The first-order chi connectivity index (χ1) is 9.74. The van der Waals surface area contributed by atoms with Crippen LogP contribution in [0.5, 0.6) is 11.5 Å². The minimum Gasteiger partial charge on any atom is -0.455 e. The van der Waals surface area contributed by atoms with E-state index in [-0.39, 0.29) is 0 Å². The van der Waals surface area contributed by atoms with Crippen LogP contribution < -0.4 is 4.74 Å². The highest BCUT2D eigenvalue weighted by atomic mass is 127. The Morgan fingerprint density at radius 2 is 1.70 bits per heavy atom. The van der Waals surface area contributed by atoms with Gasteiger partial charge in [-0.1, -0.05) is 12.1 Å². The van der Waals surface area contributed by atoms with Crippen LogP contribution >= 0.6 is 45.2 Å². The fraction of sp³-hybridized carbons (Fsp3) is 0.294. The lowest BCUT2D eigenvalue weighted by atomic mass is 9.85. The lowest BCUT2D eigenvalue weighted by Gasteiger charge is -2.28. The molecule has 0 atom stereocenters. The number of rotatable bonds is 0. The SMILES string of the molecule is Ic1cccc2c1Oc1c(I)cc3c(c1C2)CCCC3. The van der Waals surface area contributed by atoms with E-state index < -0.39 is 0 Å². The van der Waals surface area contributed by atoms with E-state index in [1.807, 2.05) is 0 Å². The van der Waals surface area contributed by atoms with Crippen LogP contribution in [-0.2, 0) is 19.3 Å². The van der Waals surface area contributed by atoms with Gasteiger partial charge in [0.1, 0.15) is 11.5 Å². The summed E-state index contributed by atoms with van der Waals surface area (Å²) in [6, 6.07) is 8.80.